The highest BCUT2D eigenvalue weighted by atomic mass is 32.2. The predicted octanol–water partition coefficient (Wildman–Crippen LogP) is 2.12. The minimum absolute atomic E-state index is 0.101. The first-order chi connectivity index (χ1) is 9.04. The maximum Gasteiger partial charge on any atom is 0.251 e. The Bertz CT molecular complexity index is 622. The molecule has 0 amide bonds. The van der Waals surface area contributed by atoms with Crippen molar-refractivity contribution in [3.8, 4) is 0 Å². The lowest BCUT2D eigenvalue weighted by atomic mass is 10.1. The summed E-state index contributed by atoms with van der Waals surface area (Å²) < 4.78 is 0. The van der Waals surface area contributed by atoms with E-state index in [-0.39, 0.29) is 11.6 Å². The summed E-state index contributed by atoms with van der Waals surface area (Å²) in [6.45, 7) is 4.04. The highest BCUT2D eigenvalue weighted by Crippen LogP contribution is 2.28. The zero-order chi connectivity index (χ0) is 13.8. The van der Waals surface area contributed by atoms with E-state index in [0.29, 0.717) is 5.16 Å². The first-order valence-electron chi connectivity index (χ1n) is 6.13. The van der Waals surface area contributed by atoms with E-state index >= 15 is 0 Å². The van der Waals surface area contributed by atoms with Gasteiger partial charge in [0.15, 0.2) is 5.16 Å². The molecule has 1 aromatic carbocycles. The van der Waals surface area contributed by atoms with Crippen LogP contribution in [0.4, 0.5) is 0 Å². The van der Waals surface area contributed by atoms with Gasteiger partial charge in [-0.25, -0.2) is 4.98 Å². The van der Waals surface area contributed by atoms with Gasteiger partial charge in [-0.05, 0) is 31.9 Å². The zero-order valence-corrected chi connectivity index (χ0v) is 11.8. The number of nitrogens with zero attached hydrogens (tertiary/aromatic N) is 1. The minimum atomic E-state index is -0.140. The van der Waals surface area contributed by atoms with Crippen LogP contribution in [0.25, 0.3) is 0 Å². The molecule has 1 atom stereocenters. The summed E-state index contributed by atoms with van der Waals surface area (Å²) in [6.07, 6.45) is 2.32. The van der Waals surface area contributed by atoms with E-state index in [1.807, 2.05) is 19.1 Å². The van der Waals surface area contributed by atoms with Crippen molar-refractivity contribution in [3.63, 3.8) is 0 Å². The van der Waals surface area contributed by atoms with Crippen molar-refractivity contribution in [1.82, 2.24) is 9.97 Å². The molecule has 4 nitrogen and oxygen atoms in total. The van der Waals surface area contributed by atoms with Gasteiger partial charge in [0.1, 0.15) is 0 Å². The second kappa shape index (κ2) is 6.04. The van der Waals surface area contributed by atoms with Crippen molar-refractivity contribution in [3.05, 3.63) is 51.9 Å². The quantitative estimate of drug-likeness (QED) is 0.838. The Morgan fingerprint density at radius 3 is 2.89 bits per heavy atom. The summed E-state index contributed by atoms with van der Waals surface area (Å²) in [7, 11) is 0. The summed E-state index contributed by atoms with van der Waals surface area (Å²) in [5.74, 6) is 0. The maximum absolute atomic E-state index is 11.3. The van der Waals surface area contributed by atoms with Crippen molar-refractivity contribution >= 4 is 11.8 Å². The van der Waals surface area contributed by atoms with E-state index in [1.165, 1.54) is 35.2 Å². The average molecular weight is 275 g/mol. The van der Waals surface area contributed by atoms with Crippen molar-refractivity contribution in [2.75, 3.05) is 0 Å². The van der Waals surface area contributed by atoms with Gasteiger partial charge >= 0.3 is 0 Å². The van der Waals surface area contributed by atoms with E-state index in [2.05, 4.69) is 23.0 Å². The molecule has 0 spiro atoms. The van der Waals surface area contributed by atoms with Gasteiger partial charge in [0, 0.05) is 23.2 Å². The van der Waals surface area contributed by atoms with Crippen molar-refractivity contribution < 1.29 is 0 Å². The Balaban J connectivity index is 2.31. The Kier molecular flexibility index (Phi) is 4.39. The smallest absolute Gasteiger partial charge is 0.251 e. The fourth-order valence-electron chi connectivity index (χ4n) is 1.82. The third-order valence-electron chi connectivity index (χ3n) is 2.61. The lowest BCUT2D eigenvalue weighted by Crippen LogP contribution is -2.18. The van der Waals surface area contributed by atoms with Gasteiger partial charge in [0.05, 0.1) is 0 Å². The van der Waals surface area contributed by atoms with Crippen LogP contribution in [0.2, 0.25) is 0 Å². The molecule has 2 rings (SSSR count). The van der Waals surface area contributed by atoms with Crippen molar-refractivity contribution in [1.29, 1.82) is 0 Å². The van der Waals surface area contributed by atoms with E-state index in [9.17, 15) is 4.79 Å². The normalized spacial score (nSPS) is 12.4. The number of benzene rings is 1. The van der Waals surface area contributed by atoms with Gasteiger partial charge in [-0.2, -0.15) is 0 Å². The van der Waals surface area contributed by atoms with Crippen molar-refractivity contribution in [2.24, 2.45) is 5.73 Å². The number of nitrogens with one attached hydrogen (secondary N) is 1. The Labute approximate surface area is 116 Å². The number of aromatic amines is 1. The first-order valence-corrected chi connectivity index (χ1v) is 6.94. The van der Waals surface area contributed by atoms with E-state index in [0.717, 1.165) is 11.3 Å². The molecule has 1 heterocycles. The van der Waals surface area contributed by atoms with E-state index in [1.54, 1.807) is 0 Å². The molecule has 0 bridgehead atoms. The molecule has 19 heavy (non-hydrogen) atoms. The fraction of sp³-hybridized carbons (Fsp3) is 0.286. The van der Waals surface area contributed by atoms with Crippen LogP contribution in [0.3, 0.4) is 0 Å². The lowest BCUT2D eigenvalue weighted by molar-refractivity contribution is 0.728. The topological polar surface area (TPSA) is 71.8 Å². The zero-order valence-electron chi connectivity index (χ0n) is 11.0. The number of rotatable bonds is 4. The van der Waals surface area contributed by atoms with Gasteiger partial charge in [0.2, 0.25) is 0 Å². The number of aromatic nitrogens is 2. The third kappa shape index (κ3) is 3.94. The van der Waals surface area contributed by atoms with Gasteiger partial charge in [-0.1, -0.05) is 29.5 Å². The molecule has 1 unspecified atom stereocenters. The van der Waals surface area contributed by atoms with Crippen LogP contribution >= 0.6 is 11.8 Å². The van der Waals surface area contributed by atoms with Crippen molar-refractivity contribution in [2.45, 2.75) is 36.4 Å². The van der Waals surface area contributed by atoms with Gasteiger partial charge < -0.3 is 10.7 Å². The Hall–Kier alpha value is -1.59. The molecule has 100 valence electrons. The summed E-state index contributed by atoms with van der Waals surface area (Å²) in [6, 6.07) is 7.73. The second-order valence-electron chi connectivity index (χ2n) is 4.63. The second-order valence-corrected chi connectivity index (χ2v) is 5.66. The molecular weight excluding hydrogens is 258 g/mol. The third-order valence-corrected chi connectivity index (χ3v) is 3.63. The van der Waals surface area contributed by atoms with Crippen LogP contribution in [0, 0.1) is 6.92 Å². The number of hydrogen-bond donors (Lipinski definition) is 2. The number of aryl methyl sites for hydroxylation is 1. The largest absolute Gasteiger partial charge is 0.328 e. The molecule has 0 fully saturated rings. The van der Waals surface area contributed by atoms with Crippen LogP contribution in [0.15, 0.2) is 45.3 Å². The van der Waals surface area contributed by atoms with Crippen LogP contribution < -0.4 is 11.3 Å². The molecule has 5 heteroatoms. The molecule has 1 aromatic heterocycles. The van der Waals surface area contributed by atoms with Gasteiger partial charge in [-0.3, -0.25) is 4.79 Å². The predicted molar refractivity (Wildman–Crippen MR) is 77.5 cm³/mol. The van der Waals surface area contributed by atoms with Crippen LogP contribution in [0.5, 0.6) is 0 Å². The first kappa shape index (κ1) is 13.8. The molecule has 0 aliphatic heterocycles. The fourth-order valence-corrected chi connectivity index (χ4v) is 2.71. The number of H-pyrrole nitrogens is 1. The molecule has 3 N–H and O–H groups in total. The summed E-state index contributed by atoms with van der Waals surface area (Å²) in [4.78, 5) is 19.2. The highest BCUT2D eigenvalue weighted by Gasteiger charge is 2.08. The highest BCUT2D eigenvalue weighted by molar-refractivity contribution is 7.99. The van der Waals surface area contributed by atoms with E-state index in [4.69, 9.17) is 5.73 Å². The average Bonchev–Trinajstić information content (AvgIpc) is 2.32. The molecule has 0 aliphatic rings. The lowest BCUT2D eigenvalue weighted by Gasteiger charge is -2.11. The van der Waals surface area contributed by atoms with Crippen LogP contribution in [-0.2, 0) is 6.42 Å². The summed E-state index contributed by atoms with van der Waals surface area (Å²) >= 11 is 1.46. The van der Waals surface area contributed by atoms with Gasteiger partial charge in [0.25, 0.3) is 5.56 Å². The monoisotopic (exact) mass is 275 g/mol. The van der Waals surface area contributed by atoms with Gasteiger partial charge in [-0.15, -0.1) is 0 Å². The van der Waals surface area contributed by atoms with E-state index < -0.39 is 0 Å². The number of hydrogen-bond acceptors (Lipinski definition) is 4. The minimum Gasteiger partial charge on any atom is -0.328 e. The summed E-state index contributed by atoms with van der Waals surface area (Å²) in [5.41, 5.74) is 8.13. The molecular formula is C14H17N3OS. The standard InChI is InChI=1S/C14H17N3OS/c1-9-3-4-12(11(7-9)8-10(2)15)19-14-16-6-5-13(18)17-14/h3-7,10H,8,15H2,1-2H3,(H,16,17,18). The Morgan fingerprint density at radius 1 is 1.42 bits per heavy atom. The molecule has 0 saturated heterocycles. The number of nitrogens with two attached hydrogens (primary N) is 1. The SMILES string of the molecule is Cc1ccc(Sc2nccc(=O)[nH]2)c(CC(C)N)c1. The molecule has 2 aromatic rings. The molecule has 0 radical (unpaired) electrons. The molecule has 0 aliphatic carbocycles. The molecule has 0 saturated carbocycles. The van der Waals surface area contributed by atoms with Crippen LogP contribution in [0.1, 0.15) is 18.1 Å². The Morgan fingerprint density at radius 2 is 2.21 bits per heavy atom. The maximum atomic E-state index is 11.3. The van der Waals surface area contributed by atoms with Crippen LogP contribution in [-0.4, -0.2) is 16.0 Å². The summed E-state index contributed by atoms with van der Waals surface area (Å²) in [5, 5.41) is 0.599.